The van der Waals surface area contributed by atoms with Crippen LogP contribution in [0.2, 0.25) is 0 Å². The second-order valence-electron chi connectivity index (χ2n) is 7.79. The summed E-state index contributed by atoms with van der Waals surface area (Å²) in [6.07, 6.45) is 3.93. The fourth-order valence-corrected chi connectivity index (χ4v) is 4.89. The number of carbonyl (C=O) groups is 2. The highest BCUT2D eigenvalue weighted by molar-refractivity contribution is 7.11. The molecule has 1 aromatic carbocycles. The van der Waals surface area contributed by atoms with Crippen molar-refractivity contribution in [2.24, 2.45) is 0 Å². The summed E-state index contributed by atoms with van der Waals surface area (Å²) in [7, 11) is 0. The molecule has 0 aliphatic carbocycles. The number of benzene rings is 1. The van der Waals surface area contributed by atoms with Crippen LogP contribution < -0.4 is 4.90 Å². The van der Waals surface area contributed by atoms with Gasteiger partial charge in [-0.3, -0.25) is 19.5 Å². The summed E-state index contributed by atoms with van der Waals surface area (Å²) in [6.45, 7) is 3.54. The second kappa shape index (κ2) is 8.56. The molecule has 0 saturated carbocycles. The number of aromatic nitrogens is 2. The minimum atomic E-state index is 0.00371. The van der Waals surface area contributed by atoms with Crippen LogP contribution in [-0.2, 0) is 4.79 Å². The number of hydrogen-bond acceptors (Lipinski definition) is 6. The maximum Gasteiger partial charge on any atom is 0.282 e. The number of thiazole rings is 1. The van der Waals surface area contributed by atoms with Crippen LogP contribution in [0.25, 0.3) is 11.3 Å². The molecule has 1 atom stereocenters. The zero-order valence-corrected chi connectivity index (χ0v) is 17.9. The second-order valence-corrected chi connectivity index (χ2v) is 8.69. The summed E-state index contributed by atoms with van der Waals surface area (Å²) in [5, 5.41) is 2.37. The molecular formula is C23H23N5O2S. The molecule has 2 aliphatic heterocycles. The van der Waals surface area contributed by atoms with Crippen LogP contribution in [-0.4, -0.2) is 70.3 Å². The van der Waals surface area contributed by atoms with E-state index in [4.69, 9.17) is 0 Å². The monoisotopic (exact) mass is 433 g/mol. The molecule has 0 spiro atoms. The highest BCUT2D eigenvalue weighted by atomic mass is 32.1. The van der Waals surface area contributed by atoms with Crippen molar-refractivity contribution in [3.05, 3.63) is 65.2 Å². The van der Waals surface area contributed by atoms with Gasteiger partial charge in [-0.1, -0.05) is 30.3 Å². The number of anilines is 1. The molecule has 2 aromatic heterocycles. The van der Waals surface area contributed by atoms with Crippen LogP contribution in [0.1, 0.15) is 16.2 Å². The van der Waals surface area contributed by atoms with Crippen molar-refractivity contribution in [2.75, 3.05) is 37.6 Å². The number of piperazine rings is 1. The van der Waals surface area contributed by atoms with Gasteiger partial charge in [0.15, 0.2) is 5.01 Å². The van der Waals surface area contributed by atoms with Crippen LogP contribution in [0.4, 0.5) is 5.69 Å². The number of amides is 2. The first kappa shape index (κ1) is 19.8. The van der Waals surface area contributed by atoms with Crippen LogP contribution in [0.5, 0.6) is 0 Å². The number of pyridine rings is 1. The van der Waals surface area contributed by atoms with Crippen molar-refractivity contribution in [3.63, 3.8) is 0 Å². The van der Waals surface area contributed by atoms with Crippen LogP contribution in [0.3, 0.4) is 0 Å². The van der Waals surface area contributed by atoms with Crippen LogP contribution >= 0.6 is 11.3 Å². The summed E-state index contributed by atoms with van der Waals surface area (Å²) in [5.41, 5.74) is 2.79. The van der Waals surface area contributed by atoms with E-state index in [-0.39, 0.29) is 17.9 Å². The van der Waals surface area contributed by atoms with E-state index >= 15 is 0 Å². The fourth-order valence-electron chi connectivity index (χ4n) is 4.29. The molecule has 8 heteroatoms. The molecule has 4 heterocycles. The molecule has 3 aromatic rings. The molecule has 2 aliphatic rings. The Morgan fingerprint density at radius 1 is 1.00 bits per heavy atom. The van der Waals surface area contributed by atoms with Crippen molar-refractivity contribution in [1.82, 2.24) is 19.8 Å². The predicted octanol–water partition coefficient (Wildman–Crippen LogP) is 2.77. The molecule has 2 saturated heterocycles. The molecule has 1 unspecified atom stereocenters. The molecule has 2 amide bonds. The lowest BCUT2D eigenvalue weighted by atomic mass is 10.1. The Morgan fingerprint density at radius 3 is 2.55 bits per heavy atom. The van der Waals surface area contributed by atoms with E-state index in [1.165, 1.54) is 11.3 Å². The van der Waals surface area contributed by atoms with Crippen LogP contribution in [0.15, 0.2) is 60.2 Å². The van der Waals surface area contributed by atoms with Gasteiger partial charge in [-0.05, 0) is 12.1 Å². The maximum absolute atomic E-state index is 12.8. The number of hydrogen-bond donors (Lipinski definition) is 0. The first-order valence-corrected chi connectivity index (χ1v) is 11.3. The average molecular weight is 434 g/mol. The van der Waals surface area contributed by atoms with E-state index in [9.17, 15) is 9.59 Å². The SMILES string of the molecule is O=C(c1nccs1)N1CCN(C2CC(=O)N(c3ccnc(-c4ccccc4)c3)C2)CC1. The maximum atomic E-state index is 12.8. The quantitative estimate of drug-likeness (QED) is 0.633. The van der Waals surface area contributed by atoms with E-state index < -0.39 is 0 Å². The van der Waals surface area contributed by atoms with Crippen molar-refractivity contribution in [3.8, 4) is 11.3 Å². The van der Waals surface area contributed by atoms with Gasteiger partial charge in [0.1, 0.15) is 0 Å². The van der Waals surface area contributed by atoms with Gasteiger partial charge in [0.2, 0.25) is 5.91 Å². The standard InChI is InChI=1S/C23H23N5O2S/c29-21-15-19(26-9-11-27(12-10-26)23(30)22-25-8-13-31-22)16-28(21)18-6-7-24-20(14-18)17-4-2-1-3-5-17/h1-8,13-14,19H,9-12,15-16H2. The largest absolute Gasteiger partial charge is 0.334 e. The average Bonchev–Trinajstić information content (AvgIpc) is 3.50. The predicted molar refractivity (Wildman–Crippen MR) is 120 cm³/mol. The topological polar surface area (TPSA) is 69.6 Å². The van der Waals surface area contributed by atoms with Crippen molar-refractivity contribution in [2.45, 2.75) is 12.5 Å². The molecule has 31 heavy (non-hydrogen) atoms. The lowest BCUT2D eigenvalue weighted by molar-refractivity contribution is -0.117. The molecule has 2 fully saturated rings. The van der Waals surface area contributed by atoms with Gasteiger partial charge < -0.3 is 9.80 Å². The fraction of sp³-hybridized carbons (Fsp3) is 0.304. The Hall–Kier alpha value is -3.10. The Balaban J connectivity index is 1.24. The third-order valence-corrected chi connectivity index (χ3v) is 6.72. The summed E-state index contributed by atoms with van der Waals surface area (Å²) < 4.78 is 0. The molecule has 7 nitrogen and oxygen atoms in total. The third kappa shape index (κ3) is 4.08. The highest BCUT2D eigenvalue weighted by Gasteiger charge is 2.36. The van der Waals surface area contributed by atoms with E-state index in [1.54, 1.807) is 12.4 Å². The van der Waals surface area contributed by atoms with Gasteiger partial charge in [0.05, 0.1) is 5.69 Å². The molecule has 0 radical (unpaired) electrons. The molecule has 158 valence electrons. The zero-order valence-electron chi connectivity index (χ0n) is 17.1. The summed E-state index contributed by atoms with van der Waals surface area (Å²) in [6, 6.07) is 14.0. The zero-order chi connectivity index (χ0) is 21.2. The van der Waals surface area contributed by atoms with Crippen molar-refractivity contribution >= 4 is 28.8 Å². The molecule has 0 bridgehead atoms. The number of rotatable bonds is 4. The Morgan fingerprint density at radius 2 is 1.81 bits per heavy atom. The number of carbonyl (C=O) groups excluding carboxylic acids is 2. The van der Waals surface area contributed by atoms with Crippen LogP contribution in [0, 0.1) is 0 Å². The van der Waals surface area contributed by atoms with Gasteiger partial charge in [0, 0.05) is 74.2 Å². The number of nitrogens with zero attached hydrogens (tertiary/aromatic N) is 5. The Labute approximate surface area is 185 Å². The highest BCUT2D eigenvalue weighted by Crippen LogP contribution is 2.28. The molecule has 0 N–H and O–H groups in total. The van der Waals surface area contributed by atoms with Gasteiger partial charge in [0.25, 0.3) is 5.91 Å². The summed E-state index contributed by atoms with van der Waals surface area (Å²) in [4.78, 5) is 40.0. The van der Waals surface area contributed by atoms with Gasteiger partial charge in [-0.15, -0.1) is 11.3 Å². The minimum absolute atomic E-state index is 0.00371. The van der Waals surface area contributed by atoms with Crippen molar-refractivity contribution in [1.29, 1.82) is 0 Å². The van der Waals surface area contributed by atoms with E-state index in [0.29, 0.717) is 31.1 Å². The normalized spacial score (nSPS) is 19.7. The molecule has 5 rings (SSSR count). The smallest absolute Gasteiger partial charge is 0.282 e. The van der Waals surface area contributed by atoms with Gasteiger partial charge >= 0.3 is 0 Å². The lowest BCUT2D eigenvalue weighted by Crippen LogP contribution is -2.52. The Kier molecular flexibility index (Phi) is 5.48. The lowest BCUT2D eigenvalue weighted by Gasteiger charge is -2.37. The molecular weight excluding hydrogens is 410 g/mol. The first-order valence-electron chi connectivity index (χ1n) is 10.4. The first-order chi connectivity index (χ1) is 15.2. The summed E-state index contributed by atoms with van der Waals surface area (Å²) in [5.74, 6) is 0.139. The Bertz CT molecular complexity index is 1060. The van der Waals surface area contributed by atoms with E-state index in [1.807, 2.05) is 57.6 Å². The minimum Gasteiger partial charge on any atom is -0.334 e. The van der Waals surface area contributed by atoms with Crippen molar-refractivity contribution < 1.29 is 9.59 Å². The van der Waals surface area contributed by atoms with Gasteiger partial charge in [-0.2, -0.15) is 0 Å². The van der Waals surface area contributed by atoms with E-state index in [0.717, 1.165) is 30.0 Å². The van der Waals surface area contributed by atoms with E-state index in [2.05, 4.69) is 14.9 Å². The summed E-state index contributed by atoms with van der Waals surface area (Å²) >= 11 is 1.38. The van der Waals surface area contributed by atoms with Gasteiger partial charge in [-0.25, -0.2) is 4.98 Å². The third-order valence-electron chi connectivity index (χ3n) is 5.96.